The Hall–Kier alpha value is -1.39. The van der Waals surface area contributed by atoms with Gasteiger partial charge in [0.1, 0.15) is 5.75 Å². The molecule has 1 heterocycles. The number of fused-ring (bicyclic) bond motifs is 1. The van der Waals surface area contributed by atoms with Crippen molar-refractivity contribution < 1.29 is 4.74 Å². The third-order valence-corrected chi connectivity index (χ3v) is 4.35. The number of hydrogen-bond donors (Lipinski definition) is 0. The summed E-state index contributed by atoms with van der Waals surface area (Å²) in [6, 6.07) is 10.4. The Kier molecular flexibility index (Phi) is 3.53. The summed E-state index contributed by atoms with van der Waals surface area (Å²) in [5, 5.41) is 4.40. The molecule has 0 radical (unpaired) electrons. The summed E-state index contributed by atoms with van der Waals surface area (Å²) in [4.78, 5) is 4.34. The van der Waals surface area contributed by atoms with Gasteiger partial charge in [0.25, 0.3) is 0 Å². The van der Waals surface area contributed by atoms with Gasteiger partial charge in [0.15, 0.2) is 0 Å². The molecule has 3 aromatic rings. The molecule has 3 rings (SSSR count). The first-order chi connectivity index (χ1) is 9.29. The number of benzene rings is 2. The molecular formula is C15H12BrNOS. The van der Waals surface area contributed by atoms with Crippen LogP contribution < -0.4 is 4.74 Å². The molecule has 2 nitrogen and oxygen atoms in total. The zero-order valence-corrected chi connectivity index (χ0v) is 12.8. The van der Waals surface area contributed by atoms with Crippen molar-refractivity contribution in [3.05, 3.63) is 45.7 Å². The van der Waals surface area contributed by atoms with Gasteiger partial charge in [-0.05, 0) is 45.8 Å². The Labute approximate surface area is 124 Å². The fourth-order valence-corrected chi connectivity index (χ4v) is 3.22. The summed E-state index contributed by atoms with van der Waals surface area (Å²) in [7, 11) is 0. The number of ether oxygens (including phenoxy) is 1. The SMILES string of the molecule is CCOc1ccc2cc(-c3cscn3)ccc2c1Br. The Balaban J connectivity index is 2.13. The number of rotatable bonds is 3. The Morgan fingerprint density at radius 1 is 1.26 bits per heavy atom. The minimum absolute atomic E-state index is 0.668. The first kappa shape index (κ1) is 12.6. The highest BCUT2D eigenvalue weighted by Crippen LogP contribution is 2.35. The molecule has 0 aliphatic heterocycles. The molecule has 19 heavy (non-hydrogen) atoms. The Morgan fingerprint density at radius 2 is 2.16 bits per heavy atom. The summed E-state index contributed by atoms with van der Waals surface area (Å²) >= 11 is 5.23. The van der Waals surface area contributed by atoms with Crippen molar-refractivity contribution >= 4 is 38.0 Å². The van der Waals surface area contributed by atoms with Crippen LogP contribution in [0.15, 0.2) is 45.7 Å². The Morgan fingerprint density at radius 3 is 2.89 bits per heavy atom. The lowest BCUT2D eigenvalue weighted by atomic mass is 10.1. The minimum Gasteiger partial charge on any atom is -0.493 e. The molecule has 4 heteroatoms. The van der Waals surface area contributed by atoms with Crippen molar-refractivity contribution in [3.63, 3.8) is 0 Å². The van der Waals surface area contributed by atoms with Gasteiger partial charge in [-0.1, -0.05) is 18.2 Å². The monoisotopic (exact) mass is 333 g/mol. The molecule has 0 atom stereocenters. The van der Waals surface area contributed by atoms with Crippen LogP contribution in [0.1, 0.15) is 6.92 Å². The number of hydrogen-bond acceptors (Lipinski definition) is 3. The molecule has 0 aliphatic rings. The maximum absolute atomic E-state index is 5.59. The summed E-state index contributed by atoms with van der Waals surface area (Å²) in [5.41, 5.74) is 4.02. The number of thiazole rings is 1. The molecule has 1 aromatic heterocycles. The Bertz CT molecular complexity index is 709. The van der Waals surface area contributed by atoms with E-state index in [-0.39, 0.29) is 0 Å². The van der Waals surface area contributed by atoms with Crippen LogP contribution in [0.4, 0.5) is 0 Å². The number of halogens is 1. The van der Waals surface area contributed by atoms with Gasteiger partial charge in [-0.25, -0.2) is 4.98 Å². The smallest absolute Gasteiger partial charge is 0.134 e. The molecule has 0 amide bonds. The first-order valence-electron chi connectivity index (χ1n) is 6.03. The van der Waals surface area contributed by atoms with Crippen molar-refractivity contribution in [2.75, 3.05) is 6.61 Å². The standard InChI is InChI=1S/C15H12BrNOS/c1-2-18-14-6-4-10-7-11(13-8-19-9-17-13)3-5-12(10)15(14)16/h3-9H,2H2,1H3. The lowest BCUT2D eigenvalue weighted by Gasteiger charge is -2.09. The van der Waals surface area contributed by atoms with Gasteiger partial charge in [-0.3, -0.25) is 0 Å². The van der Waals surface area contributed by atoms with Gasteiger partial charge in [-0.15, -0.1) is 11.3 Å². The molecule has 96 valence electrons. The van der Waals surface area contributed by atoms with Crippen molar-refractivity contribution in [3.8, 4) is 17.0 Å². The fraction of sp³-hybridized carbons (Fsp3) is 0.133. The quantitative estimate of drug-likeness (QED) is 0.663. The lowest BCUT2D eigenvalue weighted by Crippen LogP contribution is -1.92. The highest BCUT2D eigenvalue weighted by Gasteiger charge is 2.07. The normalized spacial score (nSPS) is 10.8. The van der Waals surface area contributed by atoms with Crippen LogP contribution in [0.3, 0.4) is 0 Å². The van der Waals surface area contributed by atoms with E-state index in [9.17, 15) is 0 Å². The van der Waals surface area contributed by atoms with Crippen molar-refractivity contribution in [2.45, 2.75) is 6.92 Å². The molecule has 2 aromatic carbocycles. The predicted octanol–water partition coefficient (Wildman–Crippen LogP) is 5.12. The van der Waals surface area contributed by atoms with Crippen LogP contribution in [0.25, 0.3) is 22.0 Å². The zero-order valence-electron chi connectivity index (χ0n) is 10.4. The number of nitrogens with zero attached hydrogens (tertiary/aromatic N) is 1. The van der Waals surface area contributed by atoms with Crippen LogP contribution in [0.2, 0.25) is 0 Å². The first-order valence-corrected chi connectivity index (χ1v) is 7.77. The van der Waals surface area contributed by atoms with Crippen LogP contribution in [0, 0.1) is 0 Å². The molecule has 0 saturated heterocycles. The third kappa shape index (κ3) is 2.38. The topological polar surface area (TPSA) is 22.1 Å². The lowest BCUT2D eigenvalue weighted by molar-refractivity contribution is 0.338. The summed E-state index contributed by atoms with van der Waals surface area (Å²) in [6.07, 6.45) is 0. The van der Waals surface area contributed by atoms with Crippen LogP contribution in [0.5, 0.6) is 5.75 Å². The maximum Gasteiger partial charge on any atom is 0.134 e. The van der Waals surface area contributed by atoms with Crippen molar-refractivity contribution in [1.82, 2.24) is 4.98 Å². The average molecular weight is 334 g/mol. The van der Waals surface area contributed by atoms with Crippen LogP contribution in [-0.2, 0) is 0 Å². The van der Waals surface area contributed by atoms with Gasteiger partial charge in [0, 0.05) is 10.9 Å². The van der Waals surface area contributed by atoms with E-state index in [1.807, 2.05) is 18.5 Å². The molecule has 0 aliphatic carbocycles. The van der Waals surface area contributed by atoms with Crippen molar-refractivity contribution in [2.24, 2.45) is 0 Å². The van der Waals surface area contributed by atoms with E-state index in [1.54, 1.807) is 11.3 Å². The number of aromatic nitrogens is 1. The van der Waals surface area contributed by atoms with E-state index in [4.69, 9.17) is 4.74 Å². The van der Waals surface area contributed by atoms with E-state index in [2.05, 4.69) is 50.6 Å². The molecule has 0 spiro atoms. The highest BCUT2D eigenvalue weighted by molar-refractivity contribution is 9.10. The van der Waals surface area contributed by atoms with Crippen molar-refractivity contribution in [1.29, 1.82) is 0 Å². The van der Waals surface area contributed by atoms with Gasteiger partial charge >= 0.3 is 0 Å². The molecule has 0 saturated carbocycles. The predicted molar refractivity (Wildman–Crippen MR) is 83.9 cm³/mol. The fourth-order valence-electron chi connectivity index (χ4n) is 2.05. The van der Waals surface area contributed by atoms with Crippen LogP contribution >= 0.6 is 27.3 Å². The zero-order chi connectivity index (χ0) is 13.2. The van der Waals surface area contributed by atoms with Gasteiger partial charge in [-0.2, -0.15) is 0 Å². The van der Waals surface area contributed by atoms with E-state index < -0.39 is 0 Å². The van der Waals surface area contributed by atoms with E-state index in [1.165, 1.54) is 5.39 Å². The van der Waals surface area contributed by atoms with E-state index in [0.29, 0.717) is 6.61 Å². The average Bonchev–Trinajstić information content (AvgIpc) is 2.96. The highest BCUT2D eigenvalue weighted by atomic mass is 79.9. The molecule has 0 N–H and O–H groups in total. The second kappa shape index (κ2) is 5.31. The minimum atomic E-state index is 0.668. The van der Waals surface area contributed by atoms with Gasteiger partial charge in [0.2, 0.25) is 0 Å². The van der Waals surface area contributed by atoms with Crippen LogP contribution in [-0.4, -0.2) is 11.6 Å². The second-order valence-electron chi connectivity index (χ2n) is 4.12. The van der Waals surface area contributed by atoms with Gasteiger partial charge in [0.05, 0.1) is 22.3 Å². The molecule has 0 bridgehead atoms. The van der Waals surface area contributed by atoms with E-state index in [0.717, 1.165) is 26.9 Å². The largest absolute Gasteiger partial charge is 0.493 e. The van der Waals surface area contributed by atoms with E-state index >= 15 is 0 Å². The second-order valence-corrected chi connectivity index (χ2v) is 5.63. The maximum atomic E-state index is 5.59. The summed E-state index contributed by atoms with van der Waals surface area (Å²) in [6.45, 7) is 2.66. The molecule has 0 fully saturated rings. The summed E-state index contributed by atoms with van der Waals surface area (Å²) in [5.74, 6) is 0.886. The van der Waals surface area contributed by atoms with Gasteiger partial charge < -0.3 is 4.74 Å². The molecule has 0 unspecified atom stereocenters. The third-order valence-electron chi connectivity index (χ3n) is 2.95. The molecular weight excluding hydrogens is 322 g/mol. The summed E-state index contributed by atoms with van der Waals surface area (Å²) < 4.78 is 6.60.